The van der Waals surface area contributed by atoms with Crippen LogP contribution < -0.4 is 10.1 Å². The second-order valence-corrected chi connectivity index (χ2v) is 4.88. The van der Waals surface area contributed by atoms with Crippen LogP contribution in [0.1, 0.15) is 44.4 Å². The largest absolute Gasteiger partial charge is 0.493 e. The Bertz CT molecular complexity index is 349. The summed E-state index contributed by atoms with van der Waals surface area (Å²) in [5.41, 5.74) is 2.52. The number of hydrogen-bond acceptors (Lipinski definition) is 2. The van der Waals surface area contributed by atoms with Crippen molar-refractivity contribution in [3.05, 3.63) is 29.3 Å². The Morgan fingerprint density at radius 2 is 2.00 bits per heavy atom. The summed E-state index contributed by atoms with van der Waals surface area (Å²) < 4.78 is 5.93. The van der Waals surface area contributed by atoms with Gasteiger partial charge in [0.15, 0.2) is 0 Å². The predicted molar refractivity (Wildman–Crippen MR) is 73.6 cm³/mol. The van der Waals surface area contributed by atoms with Gasteiger partial charge in [-0.05, 0) is 32.9 Å². The average molecular weight is 235 g/mol. The number of hydrogen-bond donors (Lipinski definition) is 1. The molecule has 0 aliphatic carbocycles. The predicted octanol–water partition coefficient (Wildman–Crippen LogP) is 3.70. The van der Waals surface area contributed by atoms with Gasteiger partial charge in [0.25, 0.3) is 0 Å². The summed E-state index contributed by atoms with van der Waals surface area (Å²) in [5, 5.41) is 3.27. The maximum atomic E-state index is 5.93. The van der Waals surface area contributed by atoms with E-state index in [2.05, 4.69) is 51.2 Å². The van der Waals surface area contributed by atoms with Crippen molar-refractivity contribution in [3.8, 4) is 5.75 Å². The fourth-order valence-corrected chi connectivity index (χ4v) is 1.64. The van der Waals surface area contributed by atoms with E-state index < -0.39 is 0 Å². The van der Waals surface area contributed by atoms with Gasteiger partial charge < -0.3 is 10.1 Å². The maximum Gasteiger partial charge on any atom is 0.124 e. The maximum absolute atomic E-state index is 5.93. The zero-order valence-corrected chi connectivity index (χ0v) is 11.7. The molecule has 96 valence electrons. The summed E-state index contributed by atoms with van der Waals surface area (Å²) in [7, 11) is 1.98. The van der Waals surface area contributed by atoms with Crippen LogP contribution in [0.25, 0.3) is 0 Å². The molecule has 0 bridgehead atoms. The molecular formula is C15H25NO. The summed E-state index contributed by atoms with van der Waals surface area (Å²) in [6.07, 6.45) is 1.16. The minimum absolute atomic E-state index is 0.321. The minimum Gasteiger partial charge on any atom is -0.493 e. The molecule has 0 heterocycles. The van der Waals surface area contributed by atoms with Crippen molar-refractivity contribution < 1.29 is 4.74 Å². The number of ether oxygens (including phenoxy) is 1. The molecule has 2 heteroatoms. The molecule has 2 unspecified atom stereocenters. The quantitative estimate of drug-likeness (QED) is 0.811. The van der Waals surface area contributed by atoms with Crippen molar-refractivity contribution in [2.45, 2.75) is 40.2 Å². The molecule has 0 spiro atoms. The third kappa shape index (κ3) is 4.04. The van der Waals surface area contributed by atoms with Gasteiger partial charge in [0.05, 0.1) is 6.61 Å². The normalized spacial score (nSPS) is 14.4. The van der Waals surface area contributed by atoms with Crippen LogP contribution in [0.2, 0.25) is 0 Å². The molecule has 17 heavy (non-hydrogen) atoms. The highest BCUT2D eigenvalue weighted by Crippen LogP contribution is 2.26. The Morgan fingerprint density at radius 1 is 1.29 bits per heavy atom. The standard InChI is InChI=1S/C15H25NO/c1-6-11(2)10-17-15-8-7-12(3)9-14(15)13(4)16-5/h7-9,11,13,16H,6,10H2,1-5H3. The summed E-state index contributed by atoms with van der Waals surface area (Å²) in [5.74, 6) is 1.62. The lowest BCUT2D eigenvalue weighted by Crippen LogP contribution is -2.15. The fourth-order valence-electron chi connectivity index (χ4n) is 1.64. The monoisotopic (exact) mass is 235 g/mol. The van der Waals surface area contributed by atoms with Crippen LogP contribution in [0.3, 0.4) is 0 Å². The van der Waals surface area contributed by atoms with Gasteiger partial charge in [-0.1, -0.05) is 38.0 Å². The Kier molecular flexibility index (Phi) is 5.49. The lowest BCUT2D eigenvalue weighted by Gasteiger charge is -2.18. The highest BCUT2D eigenvalue weighted by atomic mass is 16.5. The molecular weight excluding hydrogens is 210 g/mol. The molecule has 1 aromatic carbocycles. The van der Waals surface area contributed by atoms with E-state index in [1.807, 2.05) is 7.05 Å². The first kappa shape index (κ1) is 14.0. The van der Waals surface area contributed by atoms with E-state index in [0.717, 1.165) is 18.8 Å². The van der Waals surface area contributed by atoms with Crippen LogP contribution >= 0.6 is 0 Å². The van der Waals surface area contributed by atoms with Crippen LogP contribution in [0.5, 0.6) is 5.75 Å². The number of benzene rings is 1. The average Bonchev–Trinajstić information content (AvgIpc) is 2.35. The smallest absolute Gasteiger partial charge is 0.124 e. The molecule has 2 atom stereocenters. The van der Waals surface area contributed by atoms with Gasteiger partial charge in [0.2, 0.25) is 0 Å². The summed E-state index contributed by atoms with van der Waals surface area (Å²) >= 11 is 0. The first-order valence-electron chi connectivity index (χ1n) is 6.49. The molecule has 0 saturated heterocycles. The van der Waals surface area contributed by atoms with Gasteiger partial charge in [0, 0.05) is 11.6 Å². The van der Waals surface area contributed by atoms with Gasteiger partial charge in [-0.15, -0.1) is 0 Å². The zero-order chi connectivity index (χ0) is 12.8. The van der Waals surface area contributed by atoms with Gasteiger partial charge in [-0.3, -0.25) is 0 Å². The SMILES string of the molecule is CCC(C)COc1ccc(C)cc1C(C)NC. The first-order valence-corrected chi connectivity index (χ1v) is 6.49. The first-order chi connectivity index (χ1) is 8.08. The molecule has 0 saturated carbocycles. The fraction of sp³-hybridized carbons (Fsp3) is 0.600. The van der Waals surface area contributed by atoms with Gasteiger partial charge >= 0.3 is 0 Å². The molecule has 0 aliphatic rings. The Morgan fingerprint density at radius 3 is 2.59 bits per heavy atom. The highest BCUT2D eigenvalue weighted by molar-refractivity contribution is 5.38. The second kappa shape index (κ2) is 6.65. The zero-order valence-electron chi connectivity index (χ0n) is 11.7. The van der Waals surface area contributed by atoms with E-state index in [-0.39, 0.29) is 0 Å². The molecule has 0 aliphatic heterocycles. The van der Waals surface area contributed by atoms with Crippen LogP contribution in [0, 0.1) is 12.8 Å². The molecule has 0 radical (unpaired) electrons. The van der Waals surface area contributed by atoms with Crippen molar-refractivity contribution in [2.24, 2.45) is 5.92 Å². The topological polar surface area (TPSA) is 21.3 Å². The number of nitrogens with one attached hydrogen (secondary N) is 1. The van der Waals surface area contributed by atoms with E-state index >= 15 is 0 Å². The van der Waals surface area contributed by atoms with Crippen LogP contribution in [-0.4, -0.2) is 13.7 Å². The minimum atomic E-state index is 0.321. The molecule has 1 aromatic rings. The third-order valence-corrected chi connectivity index (χ3v) is 3.29. The molecule has 1 N–H and O–H groups in total. The van der Waals surface area contributed by atoms with E-state index in [4.69, 9.17) is 4.74 Å². The molecule has 0 amide bonds. The second-order valence-electron chi connectivity index (χ2n) is 4.88. The van der Waals surface area contributed by atoms with Crippen LogP contribution in [-0.2, 0) is 0 Å². The van der Waals surface area contributed by atoms with E-state index in [1.165, 1.54) is 11.1 Å². The molecule has 0 fully saturated rings. The molecule has 2 nitrogen and oxygen atoms in total. The summed E-state index contributed by atoms with van der Waals surface area (Å²) in [4.78, 5) is 0. The van der Waals surface area contributed by atoms with Gasteiger partial charge in [-0.25, -0.2) is 0 Å². The highest BCUT2D eigenvalue weighted by Gasteiger charge is 2.11. The van der Waals surface area contributed by atoms with Gasteiger partial charge in [0.1, 0.15) is 5.75 Å². The lowest BCUT2D eigenvalue weighted by atomic mass is 10.0. The van der Waals surface area contributed by atoms with E-state index in [0.29, 0.717) is 12.0 Å². The van der Waals surface area contributed by atoms with Crippen molar-refractivity contribution >= 4 is 0 Å². The third-order valence-electron chi connectivity index (χ3n) is 3.29. The van der Waals surface area contributed by atoms with Crippen LogP contribution in [0.4, 0.5) is 0 Å². The lowest BCUT2D eigenvalue weighted by molar-refractivity contribution is 0.253. The molecule has 1 rings (SSSR count). The Hall–Kier alpha value is -1.02. The number of rotatable bonds is 6. The van der Waals surface area contributed by atoms with Crippen molar-refractivity contribution in [1.29, 1.82) is 0 Å². The van der Waals surface area contributed by atoms with Crippen LogP contribution in [0.15, 0.2) is 18.2 Å². The number of aryl methyl sites for hydroxylation is 1. The van der Waals surface area contributed by atoms with E-state index in [1.54, 1.807) is 0 Å². The Balaban J connectivity index is 2.83. The van der Waals surface area contributed by atoms with Crippen molar-refractivity contribution in [2.75, 3.05) is 13.7 Å². The summed E-state index contributed by atoms with van der Waals surface area (Å²) in [6, 6.07) is 6.72. The summed E-state index contributed by atoms with van der Waals surface area (Å²) in [6.45, 7) is 9.48. The Labute approximate surface area is 105 Å². The van der Waals surface area contributed by atoms with E-state index in [9.17, 15) is 0 Å². The van der Waals surface area contributed by atoms with Crippen molar-refractivity contribution in [1.82, 2.24) is 5.32 Å². The molecule has 0 aromatic heterocycles. The van der Waals surface area contributed by atoms with Crippen molar-refractivity contribution in [3.63, 3.8) is 0 Å². The van der Waals surface area contributed by atoms with Gasteiger partial charge in [-0.2, -0.15) is 0 Å².